The number of hydrogen-bond acceptors (Lipinski definition) is 7. The van der Waals surface area contributed by atoms with Crippen molar-refractivity contribution in [2.45, 2.75) is 24.7 Å². The second-order valence-corrected chi connectivity index (χ2v) is 8.79. The van der Waals surface area contributed by atoms with E-state index in [1.54, 1.807) is 12.1 Å². The fourth-order valence-corrected chi connectivity index (χ4v) is 4.38. The van der Waals surface area contributed by atoms with Crippen molar-refractivity contribution in [3.8, 4) is 5.75 Å². The maximum absolute atomic E-state index is 13.9. The van der Waals surface area contributed by atoms with E-state index in [1.807, 2.05) is 0 Å². The zero-order chi connectivity index (χ0) is 24.8. The number of carbonyl (C=O) groups is 1. The number of fused-ring (bicyclic) bond motifs is 1. The fourth-order valence-electron chi connectivity index (χ4n) is 3.51. The zero-order valence-electron chi connectivity index (χ0n) is 17.0. The molecule has 0 radical (unpaired) electrons. The summed E-state index contributed by atoms with van der Waals surface area (Å²) in [5, 5.41) is 20.4. The number of nitro benzene ring substituents is 1. The Bertz CT molecular complexity index is 1280. The van der Waals surface area contributed by atoms with Crippen molar-refractivity contribution < 1.29 is 32.0 Å². The Hall–Kier alpha value is -3.07. The van der Waals surface area contributed by atoms with Gasteiger partial charge in [-0.2, -0.15) is 18.3 Å². The first-order valence-corrected chi connectivity index (χ1v) is 11.1. The summed E-state index contributed by atoms with van der Waals surface area (Å²) < 4.78 is 53.1. The van der Waals surface area contributed by atoms with E-state index in [4.69, 9.17) is 9.15 Å². The quantitative estimate of drug-likeness (QED) is 0.276. The molecule has 4 rings (SSSR count). The highest BCUT2D eigenvalue weighted by molar-refractivity contribution is 9.10. The van der Waals surface area contributed by atoms with Crippen LogP contribution in [-0.4, -0.2) is 33.9 Å². The monoisotopic (exact) mass is 607 g/mol. The van der Waals surface area contributed by atoms with Crippen molar-refractivity contribution in [3.63, 3.8) is 0 Å². The van der Waals surface area contributed by atoms with E-state index in [2.05, 4.69) is 47.6 Å². The van der Waals surface area contributed by atoms with E-state index in [9.17, 15) is 28.1 Å². The second kappa shape index (κ2) is 8.94. The number of nitrogens with one attached hydrogen (secondary N) is 2. The minimum Gasteiger partial charge on any atom is -0.496 e. The minimum absolute atomic E-state index is 0.00700. The molecular weight excluding hydrogens is 595 g/mol. The average Bonchev–Trinajstić information content (AvgIpc) is 3.35. The van der Waals surface area contributed by atoms with E-state index in [0.29, 0.717) is 9.35 Å². The van der Waals surface area contributed by atoms with E-state index in [-0.39, 0.29) is 38.9 Å². The molecule has 1 aliphatic heterocycles. The molecule has 1 aliphatic rings. The van der Waals surface area contributed by atoms with Gasteiger partial charge in [0.2, 0.25) is 0 Å². The lowest BCUT2D eigenvalue weighted by atomic mass is 10.0. The lowest BCUT2D eigenvalue weighted by molar-refractivity contribution is -0.384. The number of furan rings is 1. The number of rotatable bonds is 5. The number of benzene rings is 1. The van der Waals surface area contributed by atoms with E-state index >= 15 is 0 Å². The normalized spacial score (nSPS) is 17.6. The largest absolute Gasteiger partial charge is 0.496 e. The molecule has 0 spiro atoms. The Labute approximate surface area is 205 Å². The van der Waals surface area contributed by atoms with Gasteiger partial charge < -0.3 is 19.8 Å². The second-order valence-electron chi connectivity index (χ2n) is 7.22. The van der Waals surface area contributed by atoms with Gasteiger partial charge in [-0.1, -0.05) is 0 Å². The van der Waals surface area contributed by atoms with Crippen molar-refractivity contribution in [2.75, 3.05) is 17.7 Å². The summed E-state index contributed by atoms with van der Waals surface area (Å²) >= 11 is 6.30. The molecule has 3 aromatic rings. The van der Waals surface area contributed by atoms with Gasteiger partial charge >= 0.3 is 6.18 Å². The molecule has 2 atom stereocenters. The molecule has 0 bridgehead atoms. The number of anilines is 2. The first-order chi connectivity index (χ1) is 16.0. The molecule has 0 fully saturated rings. The summed E-state index contributed by atoms with van der Waals surface area (Å²) in [6.07, 6.45) is -5.08. The van der Waals surface area contributed by atoms with Crippen LogP contribution in [0.4, 0.5) is 30.4 Å². The van der Waals surface area contributed by atoms with Gasteiger partial charge in [-0.3, -0.25) is 14.9 Å². The Morgan fingerprint density at radius 2 is 2.09 bits per heavy atom. The first kappa shape index (κ1) is 24.1. The summed E-state index contributed by atoms with van der Waals surface area (Å²) in [4.78, 5) is 23.3. The number of amides is 1. The molecule has 180 valence electrons. The fraction of sp³-hybridized carbons (Fsp3) is 0.263. The molecule has 0 saturated carbocycles. The van der Waals surface area contributed by atoms with Gasteiger partial charge in [-0.25, -0.2) is 4.68 Å². The number of hydrogen-bond donors (Lipinski definition) is 2. The number of nitro groups is 1. The van der Waals surface area contributed by atoms with E-state index in [1.165, 1.54) is 13.2 Å². The smallest absolute Gasteiger partial charge is 0.410 e. The van der Waals surface area contributed by atoms with Gasteiger partial charge in [0.15, 0.2) is 16.4 Å². The molecule has 0 saturated heterocycles. The van der Waals surface area contributed by atoms with Gasteiger partial charge in [0, 0.05) is 18.6 Å². The average molecular weight is 609 g/mol. The van der Waals surface area contributed by atoms with Crippen LogP contribution in [0.25, 0.3) is 0 Å². The topological polar surface area (TPSA) is 124 Å². The molecule has 1 aromatic carbocycles. The van der Waals surface area contributed by atoms with Gasteiger partial charge in [0.1, 0.15) is 17.3 Å². The van der Waals surface area contributed by atoms with Gasteiger partial charge in [-0.05, 0) is 44.0 Å². The summed E-state index contributed by atoms with van der Waals surface area (Å²) in [6, 6.07) is 3.81. The van der Waals surface area contributed by atoms with Crippen LogP contribution in [0.1, 0.15) is 34.8 Å². The van der Waals surface area contributed by atoms with Crippen LogP contribution in [0.15, 0.2) is 43.9 Å². The number of halogens is 5. The molecule has 2 N–H and O–H groups in total. The molecular formula is C19H14Br2F3N5O5. The van der Waals surface area contributed by atoms with Crippen molar-refractivity contribution in [1.82, 2.24) is 9.78 Å². The molecule has 10 nitrogen and oxygen atoms in total. The number of aromatic nitrogens is 2. The summed E-state index contributed by atoms with van der Waals surface area (Å²) in [7, 11) is 1.29. The SMILES string of the molecule is COc1cc(NC(=O)c2nn3c(c2Br)N[C@@H](c2ccc(Br)o2)C[C@@H]3C(F)(F)F)cc([N+](=O)[O-])c1. The molecule has 1 amide bonds. The summed E-state index contributed by atoms with van der Waals surface area (Å²) in [5.41, 5.74) is -0.680. The number of carbonyl (C=O) groups excluding carboxylic acids is 1. The van der Waals surface area contributed by atoms with E-state index in [0.717, 1.165) is 12.1 Å². The lowest BCUT2D eigenvalue weighted by Crippen LogP contribution is -2.35. The van der Waals surface area contributed by atoms with Gasteiger partial charge in [0.05, 0.1) is 34.3 Å². The first-order valence-electron chi connectivity index (χ1n) is 9.49. The highest BCUT2D eigenvalue weighted by Gasteiger charge is 2.48. The zero-order valence-corrected chi connectivity index (χ0v) is 20.2. The van der Waals surface area contributed by atoms with Crippen LogP contribution in [0.5, 0.6) is 5.75 Å². The Morgan fingerprint density at radius 1 is 1.35 bits per heavy atom. The van der Waals surface area contributed by atoms with E-state index < -0.39 is 35.5 Å². The highest BCUT2D eigenvalue weighted by Crippen LogP contribution is 2.46. The van der Waals surface area contributed by atoms with Gasteiger partial charge in [0.25, 0.3) is 11.6 Å². The molecule has 0 unspecified atom stereocenters. The Balaban J connectivity index is 1.69. The number of methoxy groups -OCH3 is 1. The van der Waals surface area contributed by atoms with Crippen molar-refractivity contribution in [1.29, 1.82) is 0 Å². The Kier molecular flexibility index (Phi) is 6.33. The third kappa shape index (κ3) is 4.61. The minimum atomic E-state index is -4.66. The van der Waals surface area contributed by atoms with Crippen molar-refractivity contribution in [2.24, 2.45) is 0 Å². The predicted octanol–water partition coefficient (Wildman–Crippen LogP) is 5.83. The van der Waals surface area contributed by atoms with Crippen molar-refractivity contribution in [3.05, 3.63) is 61.0 Å². The van der Waals surface area contributed by atoms with Crippen LogP contribution in [0.2, 0.25) is 0 Å². The van der Waals surface area contributed by atoms with Crippen LogP contribution >= 0.6 is 31.9 Å². The van der Waals surface area contributed by atoms with Gasteiger partial charge in [-0.15, -0.1) is 0 Å². The molecule has 2 aromatic heterocycles. The molecule has 34 heavy (non-hydrogen) atoms. The third-order valence-electron chi connectivity index (χ3n) is 5.04. The number of alkyl halides is 3. The summed E-state index contributed by atoms with van der Waals surface area (Å²) in [5.74, 6) is -0.557. The van der Waals surface area contributed by atoms with Crippen LogP contribution in [0, 0.1) is 10.1 Å². The molecule has 3 heterocycles. The molecule has 0 aliphatic carbocycles. The Morgan fingerprint density at radius 3 is 2.68 bits per heavy atom. The van der Waals surface area contributed by atoms with Crippen LogP contribution in [-0.2, 0) is 0 Å². The maximum atomic E-state index is 13.9. The maximum Gasteiger partial charge on any atom is 0.410 e. The van der Waals surface area contributed by atoms with Crippen molar-refractivity contribution >= 4 is 55.0 Å². The number of nitrogens with zero attached hydrogens (tertiary/aromatic N) is 3. The molecule has 15 heteroatoms. The standard InChI is InChI=1S/C19H14Br2F3N5O5/c1-33-10-5-8(4-9(6-10)29(31)32)25-18(30)16-15(21)17-26-11(12-2-3-14(20)34-12)7-13(19(22,23)24)28(17)27-16/h2-6,11,13,26H,7H2,1H3,(H,25,30)/t11-,13-/m1/s1. The third-order valence-corrected chi connectivity index (χ3v) is 6.22. The number of non-ortho nitro benzene ring substituents is 1. The lowest BCUT2D eigenvalue weighted by Gasteiger charge is -2.32. The van der Waals surface area contributed by atoms with Crippen LogP contribution < -0.4 is 15.4 Å². The predicted molar refractivity (Wildman–Crippen MR) is 120 cm³/mol. The van der Waals surface area contributed by atoms with Crippen LogP contribution in [0.3, 0.4) is 0 Å². The number of ether oxygens (including phenoxy) is 1. The highest BCUT2D eigenvalue weighted by atomic mass is 79.9. The summed E-state index contributed by atoms with van der Waals surface area (Å²) in [6.45, 7) is 0.